The molecule has 3 N–H and O–H groups in total. The predicted molar refractivity (Wildman–Crippen MR) is 106 cm³/mol. The lowest BCUT2D eigenvalue weighted by Crippen LogP contribution is -2.51. The molecule has 3 rings (SSSR count). The van der Waals surface area contributed by atoms with Gasteiger partial charge in [-0.15, -0.1) is 0 Å². The Morgan fingerprint density at radius 1 is 1.14 bits per heavy atom. The Hall–Kier alpha value is -2.73. The van der Waals surface area contributed by atoms with Gasteiger partial charge < -0.3 is 16.0 Å². The van der Waals surface area contributed by atoms with Crippen molar-refractivity contribution >= 4 is 11.8 Å². The minimum Gasteiger partial charge on any atom is -0.352 e. The molecule has 1 aliphatic heterocycles. The summed E-state index contributed by atoms with van der Waals surface area (Å²) >= 11 is 0. The molecule has 28 heavy (non-hydrogen) atoms. The van der Waals surface area contributed by atoms with Crippen LogP contribution in [-0.4, -0.2) is 30.9 Å². The Bertz CT molecular complexity index is 836. The maximum Gasteiger partial charge on any atom is 0.251 e. The fourth-order valence-corrected chi connectivity index (χ4v) is 3.45. The molecule has 0 aliphatic carbocycles. The minimum atomic E-state index is -0.670. The summed E-state index contributed by atoms with van der Waals surface area (Å²) in [4.78, 5) is 25.2. The van der Waals surface area contributed by atoms with Gasteiger partial charge in [0.05, 0.1) is 0 Å². The fraction of sp³-hybridized carbons (Fsp3) is 0.364. The average molecular weight is 383 g/mol. The van der Waals surface area contributed by atoms with Crippen molar-refractivity contribution < 1.29 is 14.0 Å². The third-order valence-electron chi connectivity index (χ3n) is 5.04. The molecule has 0 spiro atoms. The largest absolute Gasteiger partial charge is 0.352 e. The van der Waals surface area contributed by atoms with Crippen molar-refractivity contribution in [3.63, 3.8) is 0 Å². The first-order valence-electron chi connectivity index (χ1n) is 9.61. The third-order valence-corrected chi connectivity index (χ3v) is 5.04. The maximum absolute atomic E-state index is 13.1. The van der Waals surface area contributed by atoms with E-state index in [1.807, 2.05) is 26.0 Å². The van der Waals surface area contributed by atoms with Crippen LogP contribution < -0.4 is 16.0 Å². The summed E-state index contributed by atoms with van der Waals surface area (Å²) in [6.45, 7) is 5.07. The summed E-state index contributed by atoms with van der Waals surface area (Å²) in [5.41, 5.74) is 2.82. The lowest BCUT2D eigenvalue weighted by molar-refractivity contribution is -0.124. The van der Waals surface area contributed by atoms with Crippen molar-refractivity contribution in [1.82, 2.24) is 16.0 Å². The molecule has 1 heterocycles. The first kappa shape index (κ1) is 20.0. The number of amides is 2. The molecule has 0 saturated carbocycles. The lowest BCUT2D eigenvalue weighted by atomic mass is 9.94. The van der Waals surface area contributed by atoms with Crippen LogP contribution in [0.3, 0.4) is 0 Å². The molecule has 0 saturated heterocycles. The molecule has 2 aromatic carbocycles. The van der Waals surface area contributed by atoms with Crippen LogP contribution in [0.2, 0.25) is 0 Å². The van der Waals surface area contributed by atoms with Gasteiger partial charge in [-0.3, -0.25) is 9.59 Å². The van der Waals surface area contributed by atoms with E-state index in [9.17, 15) is 14.0 Å². The maximum atomic E-state index is 13.1. The molecule has 2 unspecified atom stereocenters. The highest BCUT2D eigenvalue weighted by Crippen LogP contribution is 2.22. The number of carbonyl (C=O) groups excluding carboxylic acids is 2. The van der Waals surface area contributed by atoms with Crippen molar-refractivity contribution in [2.45, 2.75) is 32.4 Å². The van der Waals surface area contributed by atoms with Crippen LogP contribution in [-0.2, 0) is 11.2 Å². The van der Waals surface area contributed by atoms with E-state index in [0.29, 0.717) is 12.1 Å². The third kappa shape index (κ3) is 4.75. The second-order valence-corrected chi connectivity index (χ2v) is 7.40. The van der Waals surface area contributed by atoms with Crippen LogP contribution in [0.5, 0.6) is 0 Å². The summed E-state index contributed by atoms with van der Waals surface area (Å²) in [5.74, 6) is -1.11. The van der Waals surface area contributed by atoms with E-state index in [2.05, 4.69) is 28.1 Å². The van der Waals surface area contributed by atoms with Gasteiger partial charge in [0, 0.05) is 18.2 Å². The van der Waals surface area contributed by atoms with Gasteiger partial charge in [-0.25, -0.2) is 4.39 Å². The molecule has 2 amide bonds. The molecule has 6 heteroatoms. The molecule has 148 valence electrons. The van der Waals surface area contributed by atoms with Crippen molar-refractivity contribution in [3.05, 3.63) is 71.0 Å². The van der Waals surface area contributed by atoms with Crippen LogP contribution in [0, 0.1) is 11.7 Å². The Morgan fingerprint density at radius 3 is 2.57 bits per heavy atom. The van der Waals surface area contributed by atoms with E-state index in [0.717, 1.165) is 13.0 Å². The van der Waals surface area contributed by atoms with Gasteiger partial charge in [0.1, 0.15) is 11.9 Å². The van der Waals surface area contributed by atoms with Crippen molar-refractivity contribution in [3.8, 4) is 0 Å². The summed E-state index contributed by atoms with van der Waals surface area (Å²) in [6, 6.07) is 12.9. The minimum absolute atomic E-state index is 0.0505. The van der Waals surface area contributed by atoms with E-state index >= 15 is 0 Å². The van der Waals surface area contributed by atoms with Crippen LogP contribution in [0.25, 0.3) is 0 Å². The zero-order valence-corrected chi connectivity index (χ0v) is 16.2. The number of fused-ring (bicyclic) bond motifs is 1. The van der Waals surface area contributed by atoms with Gasteiger partial charge >= 0.3 is 0 Å². The Labute approximate surface area is 164 Å². The first-order chi connectivity index (χ1) is 13.5. The van der Waals surface area contributed by atoms with Crippen LogP contribution in [0.15, 0.2) is 48.5 Å². The second kappa shape index (κ2) is 8.97. The lowest BCUT2D eigenvalue weighted by Gasteiger charge is -2.28. The van der Waals surface area contributed by atoms with Gasteiger partial charge in [0.25, 0.3) is 5.91 Å². The molecule has 0 radical (unpaired) electrons. The summed E-state index contributed by atoms with van der Waals surface area (Å²) in [6.07, 6.45) is 0.975. The molecule has 2 aromatic rings. The van der Waals surface area contributed by atoms with E-state index in [-0.39, 0.29) is 17.9 Å². The smallest absolute Gasteiger partial charge is 0.251 e. The van der Waals surface area contributed by atoms with E-state index in [4.69, 9.17) is 0 Å². The second-order valence-electron chi connectivity index (χ2n) is 7.40. The number of halogens is 1. The molecular weight excluding hydrogens is 357 g/mol. The quantitative estimate of drug-likeness (QED) is 0.718. The molecular formula is C22H26FN3O2. The normalized spacial score (nSPS) is 16.9. The van der Waals surface area contributed by atoms with Gasteiger partial charge in [0.2, 0.25) is 5.91 Å². The molecule has 0 aromatic heterocycles. The number of benzene rings is 2. The Balaban J connectivity index is 1.62. The van der Waals surface area contributed by atoms with Gasteiger partial charge in [-0.05, 0) is 54.3 Å². The van der Waals surface area contributed by atoms with E-state index < -0.39 is 17.8 Å². The average Bonchev–Trinajstić information content (AvgIpc) is 2.70. The SMILES string of the molecule is CC(C)C(NC(=O)c1ccc(F)cc1)C(=O)NCC1NCCc2ccccc21. The number of hydrogen-bond donors (Lipinski definition) is 3. The molecule has 5 nitrogen and oxygen atoms in total. The van der Waals surface area contributed by atoms with Crippen LogP contribution in [0.4, 0.5) is 4.39 Å². The molecule has 0 bridgehead atoms. The van der Waals surface area contributed by atoms with Gasteiger partial charge in [0.15, 0.2) is 0 Å². The highest BCUT2D eigenvalue weighted by atomic mass is 19.1. The van der Waals surface area contributed by atoms with Gasteiger partial charge in [-0.1, -0.05) is 38.1 Å². The summed E-state index contributed by atoms with van der Waals surface area (Å²) in [7, 11) is 0. The standard InChI is InChI=1S/C22H26FN3O2/c1-14(2)20(26-21(27)16-7-9-17(23)10-8-16)22(28)25-13-19-18-6-4-3-5-15(18)11-12-24-19/h3-10,14,19-20,24H,11-13H2,1-2H3,(H,25,28)(H,26,27). The number of nitrogens with one attached hydrogen (secondary N) is 3. The fourth-order valence-electron chi connectivity index (χ4n) is 3.45. The Morgan fingerprint density at radius 2 is 1.86 bits per heavy atom. The monoisotopic (exact) mass is 383 g/mol. The summed E-state index contributed by atoms with van der Waals surface area (Å²) in [5, 5.41) is 9.16. The Kier molecular flexibility index (Phi) is 6.41. The van der Waals surface area contributed by atoms with E-state index in [1.54, 1.807) is 0 Å². The molecule has 0 fully saturated rings. The topological polar surface area (TPSA) is 70.2 Å². The molecule has 2 atom stereocenters. The van der Waals surface area contributed by atoms with Crippen molar-refractivity contribution in [1.29, 1.82) is 0 Å². The van der Waals surface area contributed by atoms with Crippen molar-refractivity contribution in [2.24, 2.45) is 5.92 Å². The van der Waals surface area contributed by atoms with E-state index in [1.165, 1.54) is 35.4 Å². The van der Waals surface area contributed by atoms with Crippen LogP contribution in [0.1, 0.15) is 41.4 Å². The number of hydrogen-bond acceptors (Lipinski definition) is 3. The zero-order valence-electron chi connectivity index (χ0n) is 16.2. The van der Waals surface area contributed by atoms with Crippen molar-refractivity contribution in [2.75, 3.05) is 13.1 Å². The number of carbonyl (C=O) groups is 2. The molecule has 1 aliphatic rings. The highest BCUT2D eigenvalue weighted by molar-refractivity contribution is 5.97. The van der Waals surface area contributed by atoms with Crippen LogP contribution >= 0.6 is 0 Å². The highest BCUT2D eigenvalue weighted by Gasteiger charge is 2.26. The first-order valence-corrected chi connectivity index (χ1v) is 9.61. The zero-order chi connectivity index (χ0) is 20.1. The number of rotatable bonds is 6. The predicted octanol–water partition coefficient (Wildman–Crippen LogP) is 2.58. The summed E-state index contributed by atoms with van der Waals surface area (Å²) < 4.78 is 13.1. The van der Waals surface area contributed by atoms with Gasteiger partial charge in [-0.2, -0.15) is 0 Å².